The van der Waals surface area contributed by atoms with Gasteiger partial charge < -0.3 is 10.0 Å². The van der Waals surface area contributed by atoms with Gasteiger partial charge in [0, 0.05) is 39.0 Å². The van der Waals surface area contributed by atoms with E-state index in [1.165, 1.54) is 0 Å². The molecule has 2 rings (SSSR count). The van der Waals surface area contributed by atoms with Crippen LogP contribution < -0.4 is 5.43 Å². The highest BCUT2D eigenvalue weighted by molar-refractivity contribution is 6.39. The Hall–Kier alpha value is -1.96. The van der Waals surface area contributed by atoms with E-state index in [0.29, 0.717) is 38.3 Å². The number of carbonyl (C=O) groups is 3. The molecule has 0 aromatic rings. The molecule has 110 valence electrons. The predicted molar refractivity (Wildman–Crippen MR) is 70.1 cm³/mol. The average Bonchev–Trinajstić information content (AvgIpc) is 2.46. The standard InChI is InChI=1S/C12H18N4O4/c1-8(12(19)20)15-4-6-16(7-5-15)11(18)9-2-3-10(17)14-13-9/h8H,2-7H2,1H3,(H,14,17)(H,19,20). The number of amides is 2. The summed E-state index contributed by atoms with van der Waals surface area (Å²) >= 11 is 0. The highest BCUT2D eigenvalue weighted by Gasteiger charge is 2.29. The van der Waals surface area contributed by atoms with Crippen molar-refractivity contribution in [2.45, 2.75) is 25.8 Å². The number of rotatable bonds is 3. The molecule has 0 aromatic carbocycles. The molecule has 2 N–H and O–H groups in total. The van der Waals surface area contributed by atoms with Crippen LogP contribution in [0.25, 0.3) is 0 Å². The zero-order valence-electron chi connectivity index (χ0n) is 11.3. The predicted octanol–water partition coefficient (Wildman–Crippen LogP) is -1.13. The van der Waals surface area contributed by atoms with Gasteiger partial charge in [-0.25, -0.2) is 5.43 Å². The third-order valence-electron chi connectivity index (χ3n) is 3.66. The van der Waals surface area contributed by atoms with Gasteiger partial charge in [-0.05, 0) is 6.92 Å². The first-order chi connectivity index (χ1) is 9.49. The van der Waals surface area contributed by atoms with Crippen LogP contribution in [0.2, 0.25) is 0 Å². The fraction of sp³-hybridized carbons (Fsp3) is 0.667. The lowest BCUT2D eigenvalue weighted by atomic mass is 10.1. The minimum absolute atomic E-state index is 0.173. The van der Waals surface area contributed by atoms with Crippen molar-refractivity contribution in [2.75, 3.05) is 26.2 Å². The normalized spacial score (nSPS) is 21.9. The third kappa shape index (κ3) is 3.13. The van der Waals surface area contributed by atoms with E-state index in [1.54, 1.807) is 11.8 Å². The van der Waals surface area contributed by atoms with Crippen molar-refractivity contribution in [3.63, 3.8) is 0 Å². The van der Waals surface area contributed by atoms with Gasteiger partial charge >= 0.3 is 5.97 Å². The lowest BCUT2D eigenvalue weighted by Crippen LogP contribution is -2.54. The van der Waals surface area contributed by atoms with Crippen molar-refractivity contribution in [1.29, 1.82) is 0 Å². The first-order valence-corrected chi connectivity index (χ1v) is 6.60. The topological polar surface area (TPSA) is 102 Å². The zero-order valence-corrected chi connectivity index (χ0v) is 11.3. The molecule has 0 spiro atoms. The molecule has 0 bridgehead atoms. The number of piperazine rings is 1. The van der Waals surface area contributed by atoms with Crippen LogP contribution in [0.3, 0.4) is 0 Å². The minimum Gasteiger partial charge on any atom is -0.480 e. The molecule has 2 aliphatic heterocycles. The Morgan fingerprint density at radius 2 is 1.90 bits per heavy atom. The van der Waals surface area contributed by atoms with Crippen LogP contribution >= 0.6 is 0 Å². The van der Waals surface area contributed by atoms with Gasteiger partial charge in [0.1, 0.15) is 11.8 Å². The first kappa shape index (κ1) is 14.4. The molecule has 8 heteroatoms. The van der Waals surface area contributed by atoms with Crippen LogP contribution in [0, 0.1) is 0 Å². The van der Waals surface area contributed by atoms with Crippen LogP contribution in [-0.2, 0) is 14.4 Å². The summed E-state index contributed by atoms with van der Waals surface area (Å²) in [7, 11) is 0. The van der Waals surface area contributed by atoms with Crippen LogP contribution in [0.1, 0.15) is 19.8 Å². The van der Waals surface area contributed by atoms with Crippen molar-refractivity contribution < 1.29 is 19.5 Å². The Labute approximate surface area is 116 Å². The summed E-state index contributed by atoms with van der Waals surface area (Å²) < 4.78 is 0. The Kier molecular flexibility index (Phi) is 4.33. The van der Waals surface area contributed by atoms with E-state index in [-0.39, 0.29) is 18.2 Å². The molecule has 1 unspecified atom stereocenters. The molecular weight excluding hydrogens is 264 g/mol. The number of carboxylic acid groups (broad SMARTS) is 1. The second-order valence-corrected chi connectivity index (χ2v) is 4.94. The summed E-state index contributed by atoms with van der Waals surface area (Å²) in [6.07, 6.45) is 0.636. The Bertz CT molecular complexity index is 454. The maximum absolute atomic E-state index is 12.2. The number of hydrazone groups is 1. The van der Waals surface area contributed by atoms with Crippen molar-refractivity contribution >= 4 is 23.5 Å². The molecule has 20 heavy (non-hydrogen) atoms. The molecule has 1 atom stereocenters. The summed E-state index contributed by atoms with van der Waals surface area (Å²) in [5.74, 6) is -1.21. The summed E-state index contributed by atoms with van der Waals surface area (Å²) in [6.45, 7) is 3.64. The zero-order chi connectivity index (χ0) is 14.7. The fourth-order valence-electron chi connectivity index (χ4n) is 2.28. The fourth-order valence-corrected chi connectivity index (χ4v) is 2.28. The van der Waals surface area contributed by atoms with Gasteiger partial charge in [0.05, 0.1) is 0 Å². The molecule has 2 heterocycles. The van der Waals surface area contributed by atoms with Gasteiger partial charge in [0.2, 0.25) is 5.91 Å². The summed E-state index contributed by atoms with van der Waals surface area (Å²) in [5, 5.41) is 12.7. The first-order valence-electron chi connectivity index (χ1n) is 6.60. The average molecular weight is 282 g/mol. The second-order valence-electron chi connectivity index (χ2n) is 4.94. The Morgan fingerprint density at radius 1 is 1.25 bits per heavy atom. The number of carbonyl (C=O) groups excluding carboxylic acids is 2. The van der Waals surface area contributed by atoms with Gasteiger partial charge in [-0.3, -0.25) is 19.3 Å². The summed E-state index contributed by atoms with van der Waals surface area (Å²) in [5.41, 5.74) is 2.67. The molecule has 0 aromatic heterocycles. The minimum atomic E-state index is -0.857. The molecule has 0 saturated carbocycles. The molecule has 2 aliphatic rings. The number of hydrogen-bond acceptors (Lipinski definition) is 5. The van der Waals surface area contributed by atoms with Crippen LogP contribution in [0.5, 0.6) is 0 Å². The summed E-state index contributed by atoms with van der Waals surface area (Å²) in [4.78, 5) is 37.6. The monoisotopic (exact) mass is 282 g/mol. The second kappa shape index (κ2) is 6.00. The molecule has 1 fully saturated rings. The van der Waals surface area contributed by atoms with Gasteiger partial charge in [0.15, 0.2) is 0 Å². The van der Waals surface area contributed by atoms with Gasteiger partial charge in [-0.2, -0.15) is 5.10 Å². The van der Waals surface area contributed by atoms with Crippen molar-refractivity contribution in [3.8, 4) is 0 Å². The maximum atomic E-state index is 12.2. The maximum Gasteiger partial charge on any atom is 0.320 e. The van der Waals surface area contributed by atoms with E-state index in [2.05, 4.69) is 10.5 Å². The van der Waals surface area contributed by atoms with Crippen molar-refractivity contribution in [2.24, 2.45) is 5.10 Å². The van der Waals surface area contributed by atoms with Gasteiger partial charge in [-0.1, -0.05) is 0 Å². The van der Waals surface area contributed by atoms with Gasteiger partial charge in [0.25, 0.3) is 5.91 Å². The molecule has 2 amide bonds. The lowest BCUT2D eigenvalue weighted by Gasteiger charge is -2.36. The molecular formula is C12H18N4O4. The smallest absolute Gasteiger partial charge is 0.320 e. The van der Waals surface area contributed by atoms with Crippen LogP contribution in [-0.4, -0.2) is 70.6 Å². The molecule has 8 nitrogen and oxygen atoms in total. The number of hydrogen-bond donors (Lipinski definition) is 2. The van der Waals surface area contributed by atoms with E-state index in [0.717, 1.165) is 0 Å². The number of nitrogens with one attached hydrogen (secondary N) is 1. The van der Waals surface area contributed by atoms with Crippen LogP contribution in [0.15, 0.2) is 5.10 Å². The molecule has 1 saturated heterocycles. The number of carboxylic acids is 1. The van der Waals surface area contributed by atoms with Crippen LogP contribution in [0.4, 0.5) is 0 Å². The Balaban J connectivity index is 1.89. The molecule has 0 aliphatic carbocycles. The molecule has 0 radical (unpaired) electrons. The SMILES string of the molecule is CC(C(=O)O)N1CCN(C(=O)C2=NNC(=O)CC2)CC1. The van der Waals surface area contributed by atoms with E-state index in [1.807, 2.05) is 4.90 Å². The van der Waals surface area contributed by atoms with Gasteiger partial charge in [-0.15, -0.1) is 0 Å². The van der Waals surface area contributed by atoms with E-state index in [9.17, 15) is 14.4 Å². The van der Waals surface area contributed by atoms with E-state index in [4.69, 9.17) is 5.11 Å². The van der Waals surface area contributed by atoms with E-state index < -0.39 is 12.0 Å². The number of aliphatic carboxylic acids is 1. The van der Waals surface area contributed by atoms with Crippen molar-refractivity contribution in [3.05, 3.63) is 0 Å². The number of nitrogens with zero attached hydrogens (tertiary/aromatic N) is 3. The quantitative estimate of drug-likeness (QED) is 0.682. The van der Waals surface area contributed by atoms with Crippen molar-refractivity contribution in [1.82, 2.24) is 15.2 Å². The van der Waals surface area contributed by atoms with E-state index >= 15 is 0 Å². The summed E-state index contributed by atoms with van der Waals surface area (Å²) in [6, 6.07) is -0.543. The third-order valence-corrected chi connectivity index (χ3v) is 3.66. The Morgan fingerprint density at radius 3 is 2.40 bits per heavy atom. The highest BCUT2D eigenvalue weighted by Crippen LogP contribution is 2.09. The lowest BCUT2D eigenvalue weighted by molar-refractivity contribution is -0.143. The highest BCUT2D eigenvalue weighted by atomic mass is 16.4. The largest absolute Gasteiger partial charge is 0.480 e.